The molecule has 0 spiro atoms. The maximum Gasteiger partial charge on any atom is 0.237 e. The molecule has 1 N–H and O–H groups in total. The summed E-state index contributed by atoms with van der Waals surface area (Å²) in [6.07, 6.45) is 7.69. The molecular weight excluding hydrogens is 466 g/mol. The van der Waals surface area contributed by atoms with Gasteiger partial charge < -0.3 is 10.2 Å². The van der Waals surface area contributed by atoms with E-state index < -0.39 is 0 Å². The topological polar surface area (TPSA) is 86.8 Å². The van der Waals surface area contributed by atoms with Crippen LogP contribution in [0.1, 0.15) is 79.1 Å². The van der Waals surface area contributed by atoms with E-state index in [4.69, 9.17) is 0 Å². The molecule has 1 aromatic carbocycles. The second kappa shape index (κ2) is 9.25. The summed E-state index contributed by atoms with van der Waals surface area (Å²) in [5.41, 5.74) is 1.21. The number of carbonyl (C=O) groups is 4. The first-order valence-corrected chi connectivity index (χ1v) is 13.9. The lowest BCUT2D eigenvalue weighted by molar-refractivity contribution is -0.159. The highest BCUT2D eigenvalue weighted by Crippen LogP contribution is 2.66. The quantitative estimate of drug-likeness (QED) is 0.624. The molecule has 0 aromatic heterocycles. The van der Waals surface area contributed by atoms with Crippen LogP contribution in [0.4, 0.5) is 11.4 Å². The van der Waals surface area contributed by atoms with Crippen LogP contribution in [0, 0.1) is 34.5 Å². The van der Waals surface area contributed by atoms with Crippen molar-refractivity contribution in [1.29, 1.82) is 0 Å². The minimum absolute atomic E-state index is 0.0916. The maximum atomic E-state index is 14.0. The first-order valence-electron chi connectivity index (χ1n) is 13.9. The summed E-state index contributed by atoms with van der Waals surface area (Å²) in [5.74, 6) is 1.19. The van der Waals surface area contributed by atoms with Gasteiger partial charge in [-0.2, -0.15) is 0 Å². The Morgan fingerprint density at radius 2 is 1.59 bits per heavy atom. The molecule has 0 bridgehead atoms. The highest BCUT2D eigenvalue weighted by Gasteiger charge is 2.62. The van der Waals surface area contributed by atoms with Gasteiger partial charge in [-0.05, 0) is 97.8 Å². The van der Waals surface area contributed by atoms with Crippen molar-refractivity contribution in [2.24, 2.45) is 34.5 Å². The first-order chi connectivity index (χ1) is 17.5. The van der Waals surface area contributed by atoms with Crippen molar-refractivity contribution in [3.63, 3.8) is 0 Å². The monoisotopic (exact) mass is 507 g/mol. The first kappa shape index (κ1) is 25.9. The predicted molar refractivity (Wildman–Crippen MR) is 143 cm³/mol. The summed E-state index contributed by atoms with van der Waals surface area (Å²) in [6, 6.07) is 7.26. The van der Waals surface area contributed by atoms with Crippen LogP contribution in [0.25, 0.3) is 0 Å². The minimum Gasteiger partial charge on any atom is -0.342 e. The molecule has 7 nitrogen and oxygen atoms in total. The number of fused-ring (bicyclic) bond motifs is 5. The molecule has 200 valence electrons. The molecule has 3 aliphatic carbocycles. The van der Waals surface area contributed by atoms with E-state index >= 15 is 0 Å². The second-order valence-corrected chi connectivity index (χ2v) is 12.6. The number of piperidine rings is 1. The van der Waals surface area contributed by atoms with E-state index in [1.807, 2.05) is 11.9 Å². The number of imide groups is 1. The summed E-state index contributed by atoms with van der Waals surface area (Å²) in [5, 5.41) is 2.73. The number of nitrogens with zero attached hydrogens (tertiary/aromatic N) is 2. The number of hydrogen-bond acceptors (Lipinski definition) is 4. The lowest BCUT2D eigenvalue weighted by atomic mass is 9.47. The van der Waals surface area contributed by atoms with Crippen LogP contribution in [0.5, 0.6) is 0 Å². The number of likely N-dealkylation sites (tertiary alicyclic amines) is 1. The van der Waals surface area contributed by atoms with E-state index in [-0.39, 0.29) is 40.4 Å². The molecule has 4 aliphatic rings. The summed E-state index contributed by atoms with van der Waals surface area (Å²) in [7, 11) is 1.99. The fraction of sp³-hybridized carbons (Fsp3) is 0.667. The smallest absolute Gasteiger partial charge is 0.237 e. The van der Waals surface area contributed by atoms with Gasteiger partial charge in [0.1, 0.15) is 0 Å². The molecule has 7 atom stereocenters. The fourth-order valence-corrected chi connectivity index (χ4v) is 9.07. The molecule has 37 heavy (non-hydrogen) atoms. The molecule has 0 unspecified atom stereocenters. The van der Waals surface area contributed by atoms with E-state index in [0.29, 0.717) is 41.6 Å². The standard InChI is InChI=1S/C30H41N3O4/c1-18(34)31-20-6-8-21(9-7-20)33(19(2)35)28(37)25-12-11-23-22-10-13-26-30(4,17-15-27(36)32(26)5)24(22)14-16-29(23,25)3/h6-9,22-26H,10-17H2,1-5H3,(H,31,34)/t22-,23-,24-,25+,26+,29-,30+/m0/s1. The van der Waals surface area contributed by atoms with Crippen molar-refractivity contribution < 1.29 is 19.2 Å². The zero-order valence-corrected chi connectivity index (χ0v) is 22.9. The van der Waals surface area contributed by atoms with Crippen molar-refractivity contribution in [2.75, 3.05) is 17.3 Å². The number of hydrogen-bond donors (Lipinski definition) is 1. The minimum atomic E-state index is -0.277. The Balaban J connectivity index is 1.38. The van der Waals surface area contributed by atoms with Gasteiger partial charge in [0.2, 0.25) is 23.6 Å². The predicted octanol–water partition coefficient (Wildman–Crippen LogP) is 5.00. The van der Waals surface area contributed by atoms with E-state index in [2.05, 4.69) is 19.2 Å². The average molecular weight is 508 g/mol. The number of anilines is 2. The molecule has 5 rings (SSSR count). The van der Waals surface area contributed by atoms with Gasteiger partial charge in [0.05, 0.1) is 5.69 Å². The van der Waals surface area contributed by atoms with E-state index in [1.165, 1.54) is 18.7 Å². The Hall–Kier alpha value is -2.70. The summed E-state index contributed by atoms with van der Waals surface area (Å²) in [4.78, 5) is 54.0. The number of nitrogens with one attached hydrogen (secondary N) is 1. The Morgan fingerprint density at radius 1 is 0.919 bits per heavy atom. The van der Waals surface area contributed by atoms with Crippen LogP contribution in [0.2, 0.25) is 0 Å². The molecule has 1 aliphatic heterocycles. The van der Waals surface area contributed by atoms with Crippen LogP contribution in [-0.2, 0) is 19.2 Å². The molecule has 0 radical (unpaired) electrons. The Kier molecular flexibility index (Phi) is 6.48. The Bertz CT molecular complexity index is 1120. The number of benzene rings is 1. The molecule has 7 heteroatoms. The average Bonchev–Trinajstić information content (AvgIpc) is 3.19. The molecule has 1 heterocycles. The fourth-order valence-electron chi connectivity index (χ4n) is 9.07. The zero-order chi connectivity index (χ0) is 26.7. The van der Waals surface area contributed by atoms with E-state index in [1.54, 1.807) is 24.3 Å². The zero-order valence-electron chi connectivity index (χ0n) is 22.9. The molecule has 4 fully saturated rings. The van der Waals surface area contributed by atoms with Crippen LogP contribution < -0.4 is 10.2 Å². The second-order valence-electron chi connectivity index (χ2n) is 12.6. The van der Waals surface area contributed by atoms with Crippen molar-refractivity contribution in [3.8, 4) is 0 Å². The van der Waals surface area contributed by atoms with Crippen LogP contribution in [0.3, 0.4) is 0 Å². The van der Waals surface area contributed by atoms with Gasteiger partial charge in [-0.15, -0.1) is 0 Å². The lowest BCUT2D eigenvalue weighted by Gasteiger charge is -2.61. The summed E-state index contributed by atoms with van der Waals surface area (Å²) in [6.45, 7) is 7.62. The number of amides is 4. The van der Waals surface area contributed by atoms with Crippen molar-refractivity contribution in [1.82, 2.24) is 4.90 Å². The van der Waals surface area contributed by atoms with Gasteiger partial charge in [0.15, 0.2) is 0 Å². The number of rotatable bonds is 3. The van der Waals surface area contributed by atoms with Crippen molar-refractivity contribution in [2.45, 2.75) is 85.1 Å². The van der Waals surface area contributed by atoms with Gasteiger partial charge in [-0.3, -0.25) is 24.1 Å². The molecular formula is C30H41N3O4. The highest BCUT2D eigenvalue weighted by molar-refractivity contribution is 6.15. The lowest BCUT2D eigenvalue weighted by Crippen LogP contribution is -2.61. The maximum absolute atomic E-state index is 14.0. The summed E-state index contributed by atoms with van der Waals surface area (Å²) < 4.78 is 0. The normalized spacial score (nSPS) is 36.7. The molecule has 1 aromatic rings. The Morgan fingerprint density at radius 3 is 2.24 bits per heavy atom. The van der Waals surface area contributed by atoms with Crippen molar-refractivity contribution in [3.05, 3.63) is 24.3 Å². The van der Waals surface area contributed by atoms with Gasteiger partial charge in [0, 0.05) is 45.0 Å². The van der Waals surface area contributed by atoms with Crippen LogP contribution >= 0.6 is 0 Å². The third-order valence-corrected chi connectivity index (χ3v) is 10.8. The van der Waals surface area contributed by atoms with Crippen molar-refractivity contribution >= 4 is 35.0 Å². The largest absolute Gasteiger partial charge is 0.342 e. The molecule has 1 saturated heterocycles. The van der Waals surface area contributed by atoms with Gasteiger partial charge in [-0.1, -0.05) is 13.8 Å². The summed E-state index contributed by atoms with van der Waals surface area (Å²) >= 11 is 0. The van der Waals surface area contributed by atoms with E-state index in [9.17, 15) is 19.2 Å². The van der Waals surface area contributed by atoms with Crippen LogP contribution in [-0.4, -0.2) is 41.6 Å². The SMILES string of the molecule is CC(=O)Nc1ccc(N(C(C)=O)C(=O)[C@H]2CC[C@H]3[C@@H]4CC[C@H]5N(C)C(=O)CC[C@]5(C)[C@H]4CC[C@]23C)cc1. The van der Waals surface area contributed by atoms with E-state index in [0.717, 1.165) is 44.9 Å². The van der Waals surface area contributed by atoms with Gasteiger partial charge >= 0.3 is 0 Å². The molecule has 4 amide bonds. The van der Waals surface area contributed by atoms with Crippen LogP contribution in [0.15, 0.2) is 24.3 Å². The highest BCUT2D eigenvalue weighted by atomic mass is 16.2. The Labute approximate surface area is 220 Å². The van der Waals surface area contributed by atoms with Gasteiger partial charge in [-0.25, -0.2) is 0 Å². The van der Waals surface area contributed by atoms with Gasteiger partial charge in [0.25, 0.3) is 0 Å². The molecule has 3 saturated carbocycles. The third kappa shape index (κ3) is 4.09. The third-order valence-electron chi connectivity index (χ3n) is 10.8. The number of carbonyl (C=O) groups excluding carboxylic acids is 4.